The number of nitrogens with one attached hydrogen (secondary N) is 1. The predicted molar refractivity (Wildman–Crippen MR) is 100 cm³/mol. The number of thioether (sulfide) groups is 1. The van der Waals surface area contributed by atoms with Gasteiger partial charge in [-0.15, -0.1) is 11.8 Å². The summed E-state index contributed by atoms with van der Waals surface area (Å²) in [7, 11) is 1.99. The smallest absolute Gasteiger partial charge is 0.230 e. The molecule has 0 saturated carbocycles. The van der Waals surface area contributed by atoms with Gasteiger partial charge < -0.3 is 10.2 Å². The Balaban J connectivity index is 1.65. The highest BCUT2D eigenvalue weighted by molar-refractivity contribution is 7.99. The largest absolute Gasteiger partial charge is 0.373 e. The average molecular weight is 367 g/mol. The highest BCUT2D eigenvalue weighted by atomic mass is 35.5. The molecule has 0 aliphatic rings. The van der Waals surface area contributed by atoms with Gasteiger partial charge in [-0.25, -0.2) is 4.39 Å². The van der Waals surface area contributed by atoms with E-state index in [0.717, 1.165) is 12.2 Å². The maximum atomic E-state index is 13.6. The quantitative estimate of drug-likeness (QED) is 0.767. The first-order chi connectivity index (χ1) is 11.6. The fourth-order valence-electron chi connectivity index (χ4n) is 2.12. The third-order valence-corrected chi connectivity index (χ3v) is 4.69. The van der Waals surface area contributed by atoms with Crippen LogP contribution < -0.4 is 10.2 Å². The zero-order valence-corrected chi connectivity index (χ0v) is 15.0. The lowest BCUT2D eigenvalue weighted by atomic mass is 10.2. The summed E-state index contributed by atoms with van der Waals surface area (Å²) in [6.45, 7) is 1.30. The summed E-state index contributed by atoms with van der Waals surface area (Å²) in [4.78, 5) is 13.9. The van der Waals surface area contributed by atoms with E-state index in [1.165, 1.54) is 17.8 Å². The maximum absolute atomic E-state index is 13.6. The van der Waals surface area contributed by atoms with Crippen molar-refractivity contribution in [3.63, 3.8) is 0 Å². The summed E-state index contributed by atoms with van der Waals surface area (Å²) in [5.74, 6) is 0.369. The van der Waals surface area contributed by atoms with E-state index in [1.54, 1.807) is 12.1 Å². The highest BCUT2D eigenvalue weighted by Crippen LogP contribution is 2.19. The zero-order chi connectivity index (χ0) is 17.4. The van der Waals surface area contributed by atoms with Gasteiger partial charge in [0.15, 0.2) is 0 Å². The van der Waals surface area contributed by atoms with Crippen molar-refractivity contribution in [1.29, 1.82) is 0 Å². The van der Waals surface area contributed by atoms with Gasteiger partial charge in [0.2, 0.25) is 5.91 Å². The van der Waals surface area contributed by atoms with Crippen LogP contribution in [0.3, 0.4) is 0 Å². The number of halogens is 2. The molecule has 0 unspecified atom stereocenters. The molecule has 0 atom stereocenters. The molecule has 0 saturated heterocycles. The first-order valence-corrected chi connectivity index (χ1v) is 9.14. The fraction of sp³-hybridized carbons (Fsp3) is 0.278. The van der Waals surface area contributed by atoms with Crippen LogP contribution >= 0.6 is 23.4 Å². The minimum atomic E-state index is -0.333. The molecule has 2 rings (SSSR count). The van der Waals surface area contributed by atoms with Crippen molar-refractivity contribution in [3.8, 4) is 0 Å². The molecule has 0 radical (unpaired) electrons. The second-order valence-electron chi connectivity index (χ2n) is 5.34. The molecule has 0 aromatic heterocycles. The van der Waals surface area contributed by atoms with E-state index >= 15 is 0 Å². The number of likely N-dealkylation sites (N-methyl/N-ethyl adjacent to an activating group) is 1. The Morgan fingerprint density at radius 1 is 1.25 bits per heavy atom. The van der Waals surface area contributed by atoms with Crippen LogP contribution in [0.25, 0.3) is 0 Å². The van der Waals surface area contributed by atoms with Crippen LogP contribution in [-0.4, -0.2) is 31.8 Å². The zero-order valence-electron chi connectivity index (χ0n) is 13.5. The van der Waals surface area contributed by atoms with E-state index in [0.29, 0.717) is 28.6 Å². The Hall–Kier alpha value is -1.72. The number of carbonyl (C=O) groups is 1. The first kappa shape index (κ1) is 18.6. The standard InChI is InChI=1S/C18H20ClFN2OS/c1-22(16-5-3-2-4-6-16)10-9-21-18(23)13-24-12-14-7-8-15(19)11-17(14)20/h2-8,11H,9-10,12-13H2,1H3,(H,21,23). The summed E-state index contributed by atoms with van der Waals surface area (Å²) in [6, 6.07) is 14.6. The van der Waals surface area contributed by atoms with Crippen LogP contribution in [-0.2, 0) is 10.5 Å². The molecular formula is C18H20ClFN2OS. The Labute approximate surface area is 151 Å². The second kappa shape index (κ2) is 9.55. The third kappa shape index (κ3) is 6.06. The number of amides is 1. The molecule has 3 nitrogen and oxygen atoms in total. The molecular weight excluding hydrogens is 347 g/mol. The van der Waals surface area contributed by atoms with Crippen molar-refractivity contribution >= 4 is 35.0 Å². The molecule has 0 bridgehead atoms. The third-order valence-electron chi connectivity index (χ3n) is 3.47. The summed E-state index contributed by atoms with van der Waals surface area (Å²) in [5.41, 5.74) is 1.67. The number of benzene rings is 2. The van der Waals surface area contributed by atoms with Gasteiger partial charge in [-0.1, -0.05) is 35.9 Å². The number of para-hydroxylation sites is 1. The monoisotopic (exact) mass is 366 g/mol. The number of carbonyl (C=O) groups excluding carboxylic acids is 1. The van der Waals surface area contributed by atoms with Crippen LogP contribution in [0.15, 0.2) is 48.5 Å². The lowest BCUT2D eigenvalue weighted by Gasteiger charge is -2.19. The van der Waals surface area contributed by atoms with Crippen molar-refractivity contribution in [2.75, 3.05) is 30.8 Å². The maximum Gasteiger partial charge on any atom is 0.230 e. The normalized spacial score (nSPS) is 10.5. The lowest BCUT2D eigenvalue weighted by Crippen LogP contribution is -2.33. The van der Waals surface area contributed by atoms with Crippen LogP contribution in [0, 0.1) is 5.82 Å². The molecule has 2 aromatic rings. The van der Waals surface area contributed by atoms with Gasteiger partial charge in [0.05, 0.1) is 5.75 Å². The number of rotatable bonds is 8. The molecule has 0 fully saturated rings. The molecule has 0 aliphatic carbocycles. The molecule has 128 valence electrons. The van der Waals surface area contributed by atoms with E-state index in [9.17, 15) is 9.18 Å². The molecule has 0 aliphatic heterocycles. The minimum Gasteiger partial charge on any atom is -0.373 e. The van der Waals surface area contributed by atoms with Crippen LogP contribution in [0.4, 0.5) is 10.1 Å². The van der Waals surface area contributed by atoms with E-state index in [1.807, 2.05) is 37.4 Å². The van der Waals surface area contributed by atoms with Gasteiger partial charge in [0.1, 0.15) is 5.82 Å². The van der Waals surface area contributed by atoms with Gasteiger partial charge in [-0.3, -0.25) is 4.79 Å². The van der Waals surface area contributed by atoms with E-state index in [4.69, 9.17) is 11.6 Å². The van der Waals surface area contributed by atoms with Crippen molar-refractivity contribution < 1.29 is 9.18 Å². The average Bonchev–Trinajstić information content (AvgIpc) is 2.57. The summed E-state index contributed by atoms with van der Waals surface area (Å²) in [5, 5.41) is 3.25. The lowest BCUT2D eigenvalue weighted by molar-refractivity contribution is -0.118. The second-order valence-corrected chi connectivity index (χ2v) is 6.76. The van der Waals surface area contributed by atoms with E-state index in [-0.39, 0.29) is 11.7 Å². The Bertz CT molecular complexity index is 669. The Morgan fingerprint density at radius 3 is 2.71 bits per heavy atom. The number of anilines is 1. The highest BCUT2D eigenvalue weighted by Gasteiger charge is 2.06. The molecule has 24 heavy (non-hydrogen) atoms. The van der Waals surface area contributed by atoms with Crippen molar-refractivity contribution in [3.05, 3.63) is 64.9 Å². The van der Waals surface area contributed by atoms with Gasteiger partial charge >= 0.3 is 0 Å². The summed E-state index contributed by atoms with van der Waals surface area (Å²) < 4.78 is 13.6. The van der Waals surface area contributed by atoms with Crippen LogP contribution in [0.1, 0.15) is 5.56 Å². The van der Waals surface area contributed by atoms with Gasteiger partial charge in [0, 0.05) is 36.6 Å². The molecule has 0 spiro atoms. The van der Waals surface area contributed by atoms with Crippen molar-refractivity contribution in [1.82, 2.24) is 5.32 Å². The Kier molecular flexibility index (Phi) is 7.40. The van der Waals surface area contributed by atoms with E-state index in [2.05, 4.69) is 10.2 Å². The number of hydrogen-bond donors (Lipinski definition) is 1. The minimum absolute atomic E-state index is 0.0455. The first-order valence-electron chi connectivity index (χ1n) is 7.61. The summed E-state index contributed by atoms with van der Waals surface area (Å²) in [6.07, 6.45) is 0. The Morgan fingerprint density at radius 2 is 2.00 bits per heavy atom. The van der Waals surface area contributed by atoms with Crippen LogP contribution in [0.2, 0.25) is 5.02 Å². The topological polar surface area (TPSA) is 32.3 Å². The SMILES string of the molecule is CN(CCNC(=O)CSCc1ccc(Cl)cc1F)c1ccccc1. The molecule has 6 heteroatoms. The molecule has 0 heterocycles. The van der Waals surface area contributed by atoms with Gasteiger partial charge in [-0.2, -0.15) is 0 Å². The number of nitrogens with zero attached hydrogens (tertiary/aromatic N) is 1. The van der Waals surface area contributed by atoms with Crippen molar-refractivity contribution in [2.24, 2.45) is 0 Å². The van der Waals surface area contributed by atoms with E-state index < -0.39 is 0 Å². The molecule has 2 aromatic carbocycles. The van der Waals surface area contributed by atoms with Gasteiger partial charge in [0.25, 0.3) is 0 Å². The van der Waals surface area contributed by atoms with Crippen LogP contribution in [0.5, 0.6) is 0 Å². The fourth-order valence-corrected chi connectivity index (χ4v) is 3.12. The van der Waals surface area contributed by atoms with Gasteiger partial charge in [-0.05, 0) is 29.8 Å². The van der Waals surface area contributed by atoms with Crippen molar-refractivity contribution in [2.45, 2.75) is 5.75 Å². The predicted octanol–water partition coefficient (Wildman–Crippen LogP) is 3.96. The molecule has 1 N–H and O–H groups in total. The molecule has 1 amide bonds. The number of hydrogen-bond acceptors (Lipinski definition) is 3. The summed E-state index contributed by atoms with van der Waals surface area (Å²) >= 11 is 7.09.